The summed E-state index contributed by atoms with van der Waals surface area (Å²) in [5, 5.41) is 0. The Morgan fingerprint density at radius 1 is 1.25 bits per heavy atom. The second-order valence-corrected chi connectivity index (χ2v) is 3.32. The van der Waals surface area contributed by atoms with Crippen molar-refractivity contribution in [2.24, 2.45) is 5.92 Å². The summed E-state index contributed by atoms with van der Waals surface area (Å²) in [5.74, 6) is 0.771. The smallest absolute Gasteiger partial charge is 0.0834 e. The number of unbranched alkanes of at least 4 members (excludes halogenated alkanes) is 1. The van der Waals surface area contributed by atoms with Crippen LogP contribution in [0.5, 0.6) is 0 Å². The van der Waals surface area contributed by atoms with Crippen LogP contribution in [0.4, 0.5) is 0 Å². The Balaban J connectivity index is 3.26. The summed E-state index contributed by atoms with van der Waals surface area (Å²) >= 11 is 0. The summed E-state index contributed by atoms with van der Waals surface area (Å²) in [6, 6.07) is 0. The molecular formula is C11H23O. The molecule has 0 amide bonds. The first-order valence-corrected chi connectivity index (χ1v) is 5.28. The van der Waals surface area contributed by atoms with E-state index in [0.717, 1.165) is 18.9 Å². The van der Waals surface area contributed by atoms with Gasteiger partial charge < -0.3 is 4.74 Å². The molecule has 73 valence electrons. The van der Waals surface area contributed by atoms with Crippen LogP contribution in [0, 0.1) is 12.5 Å². The number of hydrogen-bond acceptors (Lipinski definition) is 1. The van der Waals surface area contributed by atoms with E-state index >= 15 is 0 Å². The molecule has 0 rings (SSSR count). The van der Waals surface area contributed by atoms with Crippen molar-refractivity contribution >= 4 is 0 Å². The SMILES string of the molecule is CC[CH]OCC(CC)CCCC. The Kier molecular flexibility index (Phi) is 9.02. The van der Waals surface area contributed by atoms with Gasteiger partial charge in [0.05, 0.1) is 6.61 Å². The maximum Gasteiger partial charge on any atom is 0.0834 e. The van der Waals surface area contributed by atoms with Crippen molar-refractivity contribution in [1.29, 1.82) is 0 Å². The maximum atomic E-state index is 5.41. The van der Waals surface area contributed by atoms with E-state index in [9.17, 15) is 0 Å². The van der Waals surface area contributed by atoms with Gasteiger partial charge in [0.15, 0.2) is 0 Å². The molecule has 0 aromatic heterocycles. The average Bonchev–Trinajstić information content (AvgIpc) is 2.11. The highest BCUT2D eigenvalue weighted by Crippen LogP contribution is 2.13. The molecule has 1 unspecified atom stereocenters. The van der Waals surface area contributed by atoms with Gasteiger partial charge in [-0.25, -0.2) is 0 Å². The van der Waals surface area contributed by atoms with Crippen LogP contribution in [-0.2, 0) is 4.74 Å². The van der Waals surface area contributed by atoms with Crippen molar-refractivity contribution < 1.29 is 4.74 Å². The zero-order chi connectivity index (χ0) is 9.23. The third-order valence-electron chi connectivity index (χ3n) is 2.16. The fourth-order valence-electron chi connectivity index (χ4n) is 1.22. The predicted octanol–water partition coefficient (Wildman–Crippen LogP) is 3.79. The first kappa shape index (κ1) is 12.0. The Labute approximate surface area is 77.5 Å². The van der Waals surface area contributed by atoms with Crippen molar-refractivity contribution in [2.75, 3.05) is 6.61 Å². The van der Waals surface area contributed by atoms with Crippen molar-refractivity contribution in [3.05, 3.63) is 6.61 Å². The number of rotatable bonds is 8. The van der Waals surface area contributed by atoms with E-state index in [-0.39, 0.29) is 0 Å². The van der Waals surface area contributed by atoms with Gasteiger partial charge in [0.25, 0.3) is 0 Å². The lowest BCUT2D eigenvalue weighted by Crippen LogP contribution is -2.07. The molecular weight excluding hydrogens is 148 g/mol. The number of hydrogen-bond donors (Lipinski definition) is 0. The van der Waals surface area contributed by atoms with E-state index in [1.807, 2.05) is 6.61 Å². The topological polar surface area (TPSA) is 9.23 Å². The lowest BCUT2D eigenvalue weighted by molar-refractivity contribution is 0.142. The molecule has 1 radical (unpaired) electrons. The molecule has 0 heterocycles. The first-order valence-electron chi connectivity index (χ1n) is 5.28. The molecule has 0 saturated heterocycles. The summed E-state index contributed by atoms with van der Waals surface area (Å²) in [6.07, 6.45) is 6.23. The lowest BCUT2D eigenvalue weighted by Gasteiger charge is -2.13. The van der Waals surface area contributed by atoms with Gasteiger partial charge in [-0.1, -0.05) is 40.0 Å². The highest BCUT2D eigenvalue weighted by atomic mass is 16.5. The summed E-state index contributed by atoms with van der Waals surface area (Å²) in [4.78, 5) is 0. The van der Waals surface area contributed by atoms with Gasteiger partial charge in [-0.05, 0) is 18.8 Å². The molecule has 0 saturated carbocycles. The molecule has 1 atom stereocenters. The Morgan fingerprint density at radius 2 is 2.00 bits per heavy atom. The summed E-state index contributed by atoms with van der Waals surface area (Å²) < 4.78 is 5.41. The second-order valence-electron chi connectivity index (χ2n) is 3.32. The van der Waals surface area contributed by atoms with E-state index in [2.05, 4.69) is 20.8 Å². The van der Waals surface area contributed by atoms with Crippen LogP contribution < -0.4 is 0 Å². The molecule has 0 aromatic carbocycles. The number of ether oxygens (including phenoxy) is 1. The summed E-state index contributed by atoms with van der Waals surface area (Å²) in [6.45, 7) is 9.42. The molecule has 0 aliphatic carbocycles. The molecule has 0 bridgehead atoms. The summed E-state index contributed by atoms with van der Waals surface area (Å²) in [7, 11) is 0. The fraction of sp³-hybridized carbons (Fsp3) is 0.909. The second kappa shape index (κ2) is 9.05. The third-order valence-corrected chi connectivity index (χ3v) is 2.16. The minimum atomic E-state index is 0.771. The summed E-state index contributed by atoms with van der Waals surface area (Å²) in [5.41, 5.74) is 0. The van der Waals surface area contributed by atoms with E-state index < -0.39 is 0 Å². The Bertz CT molecular complexity index is 81.1. The average molecular weight is 171 g/mol. The van der Waals surface area contributed by atoms with Crippen LogP contribution in [0.3, 0.4) is 0 Å². The van der Waals surface area contributed by atoms with Crippen LogP contribution in [0.25, 0.3) is 0 Å². The molecule has 1 heteroatoms. The molecule has 0 aliphatic heterocycles. The van der Waals surface area contributed by atoms with Crippen molar-refractivity contribution in [2.45, 2.75) is 52.9 Å². The van der Waals surface area contributed by atoms with Crippen LogP contribution in [0.2, 0.25) is 0 Å². The molecule has 0 aromatic rings. The molecule has 0 N–H and O–H groups in total. The first-order chi connectivity index (χ1) is 5.85. The van der Waals surface area contributed by atoms with E-state index in [0.29, 0.717) is 0 Å². The van der Waals surface area contributed by atoms with Gasteiger partial charge >= 0.3 is 0 Å². The van der Waals surface area contributed by atoms with Crippen molar-refractivity contribution in [1.82, 2.24) is 0 Å². The largest absolute Gasteiger partial charge is 0.375 e. The van der Waals surface area contributed by atoms with Gasteiger partial charge in [-0.15, -0.1) is 0 Å². The molecule has 0 aliphatic rings. The standard InChI is InChI=1S/C11H23O/c1-4-7-8-11(6-3)10-12-9-5-2/h9,11H,4-8,10H2,1-3H3. The van der Waals surface area contributed by atoms with Gasteiger partial charge in [0.1, 0.15) is 0 Å². The third kappa shape index (κ3) is 6.66. The Hall–Kier alpha value is -0.0400. The highest BCUT2D eigenvalue weighted by molar-refractivity contribution is 4.57. The van der Waals surface area contributed by atoms with Gasteiger partial charge in [-0.2, -0.15) is 0 Å². The van der Waals surface area contributed by atoms with Gasteiger partial charge in [0, 0.05) is 6.61 Å². The van der Waals surface area contributed by atoms with Crippen LogP contribution in [0.15, 0.2) is 0 Å². The van der Waals surface area contributed by atoms with Crippen LogP contribution >= 0.6 is 0 Å². The maximum absolute atomic E-state index is 5.41. The van der Waals surface area contributed by atoms with Crippen molar-refractivity contribution in [3.8, 4) is 0 Å². The Morgan fingerprint density at radius 3 is 2.50 bits per heavy atom. The van der Waals surface area contributed by atoms with E-state index in [1.165, 1.54) is 25.7 Å². The minimum absolute atomic E-state index is 0.771. The zero-order valence-electron chi connectivity index (χ0n) is 8.81. The van der Waals surface area contributed by atoms with Gasteiger partial charge in [-0.3, -0.25) is 0 Å². The lowest BCUT2D eigenvalue weighted by atomic mass is 10.0. The monoisotopic (exact) mass is 171 g/mol. The van der Waals surface area contributed by atoms with E-state index in [1.54, 1.807) is 0 Å². The van der Waals surface area contributed by atoms with E-state index in [4.69, 9.17) is 4.74 Å². The van der Waals surface area contributed by atoms with Crippen LogP contribution in [0.1, 0.15) is 52.9 Å². The zero-order valence-corrected chi connectivity index (χ0v) is 8.81. The predicted molar refractivity (Wildman–Crippen MR) is 53.8 cm³/mol. The molecule has 0 spiro atoms. The molecule has 0 fully saturated rings. The minimum Gasteiger partial charge on any atom is -0.375 e. The fourth-order valence-corrected chi connectivity index (χ4v) is 1.22. The normalized spacial score (nSPS) is 13.2. The highest BCUT2D eigenvalue weighted by Gasteiger charge is 2.04. The van der Waals surface area contributed by atoms with Crippen molar-refractivity contribution in [3.63, 3.8) is 0 Å². The van der Waals surface area contributed by atoms with Gasteiger partial charge in [0.2, 0.25) is 0 Å². The molecule has 1 nitrogen and oxygen atoms in total. The quantitative estimate of drug-likeness (QED) is 0.505. The van der Waals surface area contributed by atoms with Crippen LogP contribution in [-0.4, -0.2) is 6.61 Å². The molecule has 12 heavy (non-hydrogen) atoms.